The van der Waals surface area contributed by atoms with Gasteiger partial charge in [0.2, 0.25) is 11.8 Å². The molecular weight excluding hydrogens is 434 g/mol. The number of benzene rings is 1. The zero-order valence-corrected chi connectivity index (χ0v) is 18.8. The van der Waals surface area contributed by atoms with Gasteiger partial charge in [-0.2, -0.15) is 0 Å². The number of amides is 3. The number of anilines is 2. The number of hydrogen-bond acceptors (Lipinski definition) is 7. The Balaban J connectivity index is 1.75. The van der Waals surface area contributed by atoms with Gasteiger partial charge in [-0.25, -0.2) is 4.98 Å². The van der Waals surface area contributed by atoms with Crippen LogP contribution < -0.4 is 16.2 Å². The predicted octanol–water partition coefficient (Wildman–Crippen LogP) is 1.71. The average molecular weight is 460 g/mol. The quantitative estimate of drug-likeness (QED) is 0.442. The van der Waals surface area contributed by atoms with Gasteiger partial charge in [0.25, 0.3) is 11.5 Å². The normalized spacial score (nSPS) is 18.2. The summed E-state index contributed by atoms with van der Waals surface area (Å²) in [5, 5.41) is 5.11. The van der Waals surface area contributed by atoms with Gasteiger partial charge in [0.05, 0.1) is 18.0 Å². The Morgan fingerprint density at radius 1 is 1.16 bits per heavy atom. The molecule has 2 heterocycles. The molecule has 2 aromatic rings. The second kappa shape index (κ2) is 10.4. The maximum atomic E-state index is 12.7. The van der Waals surface area contributed by atoms with Crippen molar-refractivity contribution in [1.82, 2.24) is 14.9 Å². The lowest BCUT2D eigenvalue weighted by Crippen LogP contribution is -2.48. The van der Waals surface area contributed by atoms with Crippen LogP contribution in [0.3, 0.4) is 0 Å². The predicted molar refractivity (Wildman–Crippen MR) is 121 cm³/mol. The van der Waals surface area contributed by atoms with Gasteiger partial charge in [0, 0.05) is 25.6 Å². The molecule has 1 fully saturated rings. The molecule has 0 aliphatic carbocycles. The van der Waals surface area contributed by atoms with Crippen molar-refractivity contribution in [1.29, 1.82) is 0 Å². The fraction of sp³-hybridized carbons (Fsp3) is 0.381. The van der Waals surface area contributed by atoms with Crippen LogP contribution in [0.5, 0.6) is 0 Å². The van der Waals surface area contributed by atoms with E-state index >= 15 is 0 Å². The number of H-pyrrole nitrogens is 1. The molecule has 0 unspecified atom stereocenters. The van der Waals surface area contributed by atoms with Crippen LogP contribution in [0.15, 0.2) is 40.3 Å². The Morgan fingerprint density at radius 2 is 1.81 bits per heavy atom. The fourth-order valence-corrected chi connectivity index (χ4v) is 4.04. The Bertz CT molecular complexity index is 1050. The van der Waals surface area contributed by atoms with Crippen LogP contribution in [0.4, 0.5) is 11.5 Å². The zero-order valence-electron chi connectivity index (χ0n) is 18.0. The number of nitrogens with zero attached hydrogens (tertiary/aromatic N) is 2. The van der Waals surface area contributed by atoms with E-state index in [1.807, 2.05) is 13.8 Å². The van der Waals surface area contributed by atoms with E-state index in [9.17, 15) is 19.2 Å². The lowest BCUT2D eigenvalue weighted by atomic mass is 10.2. The molecule has 3 amide bonds. The van der Waals surface area contributed by atoms with Crippen LogP contribution >= 0.6 is 11.8 Å². The molecule has 1 aliphatic rings. The van der Waals surface area contributed by atoms with E-state index < -0.39 is 17.4 Å². The molecule has 0 radical (unpaired) electrons. The maximum absolute atomic E-state index is 12.7. The van der Waals surface area contributed by atoms with Gasteiger partial charge in [0.1, 0.15) is 0 Å². The van der Waals surface area contributed by atoms with Crippen molar-refractivity contribution in [2.75, 3.05) is 29.5 Å². The Labute approximate surface area is 189 Å². The van der Waals surface area contributed by atoms with Crippen LogP contribution in [-0.4, -0.2) is 63.6 Å². The second-order valence-electron chi connectivity index (χ2n) is 7.44. The van der Waals surface area contributed by atoms with Crippen LogP contribution in [-0.2, 0) is 14.3 Å². The lowest BCUT2D eigenvalue weighted by Gasteiger charge is -2.35. The molecule has 0 saturated carbocycles. The van der Waals surface area contributed by atoms with Gasteiger partial charge in [-0.05, 0) is 26.0 Å². The first-order valence-electron chi connectivity index (χ1n) is 10.1. The number of thioether (sulfide) groups is 1. The maximum Gasteiger partial charge on any atom is 0.277 e. The molecule has 3 N–H and O–H groups in total. The van der Waals surface area contributed by atoms with Crippen LogP contribution in [0.25, 0.3) is 0 Å². The third kappa shape index (κ3) is 6.17. The minimum atomic E-state index is -0.642. The highest BCUT2D eigenvalue weighted by molar-refractivity contribution is 7.99. The molecule has 1 aromatic carbocycles. The summed E-state index contributed by atoms with van der Waals surface area (Å²) in [6, 6.07) is 8.34. The molecule has 10 nitrogen and oxygen atoms in total. The SMILES string of the molecule is CC(=O)Nc1nc(SCC(=O)N2C[C@H](C)O[C@@H](C)C2)[nH]c(=O)c1NC(=O)c1ccccc1. The first-order chi connectivity index (χ1) is 15.2. The summed E-state index contributed by atoms with van der Waals surface area (Å²) < 4.78 is 5.64. The number of rotatable bonds is 6. The van der Waals surface area contributed by atoms with Gasteiger partial charge in [-0.1, -0.05) is 30.0 Å². The first kappa shape index (κ1) is 23.5. The van der Waals surface area contributed by atoms with Crippen LogP contribution in [0.1, 0.15) is 31.1 Å². The van der Waals surface area contributed by atoms with Crippen LogP contribution in [0.2, 0.25) is 0 Å². The largest absolute Gasteiger partial charge is 0.372 e. The lowest BCUT2D eigenvalue weighted by molar-refractivity contribution is -0.140. The Kier molecular flexibility index (Phi) is 7.65. The van der Waals surface area contributed by atoms with E-state index in [0.29, 0.717) is 18.7 Å². The Hall–Kier alpha value is -3.18. The second-order valence-corrected chi connectivity index (χ2v) is 8.40. The Morgan fingerprint density at radius 3 is 2.44 bits per heavy atom. The van der Waals surface area contributed by atoms with Crippen molar-refractivity contribution < 1.29 is 19.1 Å². The molecule has 32 heavy (non-hydrogen) atoms. The number of hydrogen-bond donors (Lipinski definition) is 3. The molecule has 2 atom stereocenters. The molecule has 170 valence electrons. The first-order valence-corrected chi connectivity index (χ1v) is 11.1. The number of nitrogens with one attached hydrogen (secondary N) is 3. The minimum Gasteiger partial charge on any atom is -0.372 e. The highest BCUT2D eigenvalue weighted by Gasteiger charge is 2.26. The number of aromatic nitrogens is 2. The minimum absolute atomic E-state index is 0.0514. The van der Waals surface area contributed by atoms with Gasteiger partial charge in [-0.3, -0.25) is 24.2 Å². The van der Waals surface area contributed by atoms with E-state index in [4.69, 9.17) is 4.74 Å². The fourth-order valence-electron chi connectivity index (χ4n) is 3.27. The third-order valence-electron chi connectivity index (χ3n) is 4.57. The molecule has 3 rings (SSSR count). The summed E-state index contributed by atoms with van der Waals surface area (Å²) in [6.45, 7) is 6.07. The van der Waals surface area contributed by atoms with E-state index in [2.05, 4.69) is 20.6 Å². The molecule has 0 bridgehead atoms. The average Bonchev–Trinajstić information content (AvgIpc) is 2.73. The summed E-state index contributed by atoms with van der Waals surface area (Å²) in [6.07, 6.45) is -0.103. The summed E-state index contributed by atoms with van der Waals surface area (Å²) >= 11 is 1.04. The summed E-state index contributed by atoms with van der Waals surface area (Å²) in [5.41, 5.74) is -0.476. The smallest absolute Gasteiger partial charge is 0.277 e. The highest BCUT2D eigenvalue weighted by Crippen LogP contribution is 2.21. The van der Waals surface area contributed by atoms with Crippen LogP contribution in [0, 0.1) is 0 Å². The number of morpholine rings is 1. The van der Waals surface area contributed by atoms with Crippen molar-refractivity contribution >= 4 is 41.0 Å². The standard InChI is InChI=1S/C21H25N5O5S/c1-12-9-26(10-13(2)31-12)16(28)11-32-21-24-18(22-14(3)27)17(20(30)25-21)23-19(29)15-7-5-4-6-8-15/h4-8,12-13H,9-11H2,1-3H3,(H,23,29)(H2,22,24,25,27,30)/t12-,13-/m0/s1. The zero-order chi connectivity index (χ0) is 23.3. The monoisotopic (exact) mass is 459 g/mol. The van der Waals surface area contributed by atoms with Crippen molar-refractivity contribution in [2.45, 2.75) is 38.1 Å². The van der Waals surface area contributed by atoms with E-state index in [-0.39, 0.29) is 40.5 Å². The molecule has 0 spiro atoms. The number of ether oxygens (including phenoxy) is 1. The third-order valence-corrected chi connectivity index (χ3v) is 5.43. The molecule has 1 aromatic heterocycles. The van der Waals surface area contributed by atoms with Gasteiger partial charge in [0.15, 0.2) is 16.7 Å². The van der Waals surface area contributed by atoms with Gasteiger partial charge >= 0.3 is 0 Å². The van der Waals surface area contributed by atoms with Gasteiger partial charge < -0.3 is 20.3 Å². The summed E-state index contributed by atoms with van der Waals surface area (Å²) in [5.74, 6) is -1.12. The molecule has 1 aliphatic heterocycles. The van der Waals surface area contributed by atoms with Crippen molar-refractivity contribution in [2.24, 2.45) is 0 Å². The molecule has 11 heteroatoms. The molecular formula is C21H25N5O5S. The highest BCUT2D eigenvalue weighted by atomic mass is 32.2. The topological polar surface area (TPSA) is 133 Å². The van der Waals surface area contributed by atoms with E-state index in [1.54, 1.807) is 35.2 Å². The summed E-state index contributed by atoms with van der Waals surface area (Å²) in [4.78, 5) is 57.8. The summed E-state index contributed by atoms with van der Waals surface area (Å²) in [7, 11) is 0. The number of carbonyl (C=O) groups is 3. The molecule has 1 saturated heterocycles. The number of aromatic amines is 1. The van der Waals surface area contributed by atoms with E-state index in [1.165, 1.54) is 6.92 Å². The van der Waals surface area contributed by atoms with Crippen molar-refractivity contribution in [3.05, 3.63) is 46.2 Å². The number of carbonyl (C=O) groups excluding carboxylic acids is 3. The van der Waals surface area contributed by atoms with Crippen molar-refractivity contribution in [3.63, 3.8) is 0 Å². The van der Waals surface area contributed by atoms with Gasteiger partial charge in [-0.15, -0.1) is 0 Å². The van der Waals surface area contributed by atoms with Crippen molar-refractivity contribution in [3.8, 4) is 0 Å². The van der Waals surface area contributed by atoms with E-state index in [0.717, 1.165) is 11.8 Å².